The van der Waals surface area contributed by atoms with Gasteiger partial charge in [-0.25, -0.2) is 0 Å². The van der Waals surface area contributed by atoms with Gasteiger partial charge in [-0.3, -0.25) is 0 Å². The van der Waals surface area contributed by atoms with Crippen LogP contribution in [0.1, 0.15) is 5.56 Å². The highest BCUT2D eigenvalue weighted by Gasteiger charge is 2.07. The average Bonchev–Trinajstić information content (AvgIpc) is 2.47. The normalized spacial score (nSPS) is 10.7. The maximum atomic E-state index is 6.06. The fourth-order valence-electron chi connectivity index (χ4n) is 2.17. The first-order chi connectivity index (χ1) is 9.74. The molecule has 20 heavy (non-hydrogen) atoms. The van der Waals surface area contributed by atoms with Crippen molar-refractivity contribution in [3.63, 3.8) is 0 Å². The molecule has 0 saturated carbocycles. The number of nitrogen functional groups attached to an aromatic ring is 1. The quantitative estimate of drug-likeness (QED) is 0.703. The van der Waals surface area contributed by atoms with Crippen LogP contribution in [0.4, 0.5) is 5.69 Å². The van der Waals surface area contributed by atoms with E-state index in [1.165, 1.54) is 0 Å². The smallest absolute Gasteiger partial charge is 0.150 e. The molecule has 0 bridgehead atoms. The minimum absolute atomic E-state index is 0.511. The predicted molar refractivity (Wildman–Crippen MR) is 86.8 cm³/mol. The zero-order chi connectivity index (χ0) is 13.9. The number of ether oxygens (including phenoxy) is 1. The van der Waals surface area contributed by atoms with Gasteiger partial charge in [0.15, 0.2) is 5.75 Å². The number of rotatable bonds is 3. The lowest BCUT2D eigenvalue weighted by atomic mass is 10.1. The highest BCUT2D eigenvalue weighted by molar-refractivity contribution is 9.10. The number of fused-ring (bicyclic) bond motifs is 1. The van der Waals surface area contributed by atoms with Crippen molar-refractivity contribution in [1.29, 1.82) is 0 Å². The molecule has 2 N–H and O–H groups in total. The van der Waals surface area contributed by atoms with E-state index in [1.807, 2.05) is 60.7 Å². The van der Waals surface area contributed by atoms with Gasteiger partial charge < -0.3 is 10.5 Å². The van der Waals surface area contributed by atoms with Crippen LogP contribution in [0.2, 0.25) is 0 Å². The summed E-state index contributed by atoms with van der Waals surface area (Å²) in [5, 5.41) is 2.14. The van der Waals surface area contributed by atoms with Crippen molar-refractivity contribution in [2.24, 2.45) is 0 Å². The molecule has 0 radical (unpaired) electrons. The lowest BCUT2D eigenvalue weighted by Gasteiger charge is -2.12. The van der Waals surface area contributed by atoms with Gasteiger partial charge in [-0.05, 0) is 29.1 Å². The van der Waals surface area contributed by atoms with Gasteiger partial charge in [0.1, 0.15) is 6.61 Å². The monoisotopic (exact) mass is 327 g/mol. The van der Waals surface area contributed by atoms with E-state index in [0.717, 1.165) is 26.6 Å². The van der Waals surface area contributed by atoms with E-state index in [1.54, 1.807) is 0 Å². The Balaban J connectivity index is 1.97. The maximum absolute atomic E-state index is 6.06. The minimum Gasteiger partial charge on any atom is -0.486 e. The van der Waals surface area contributed by atoms with E-state index >= 15 is 0 Å². The van der Waals surface area contributed by atoms with Crippen molar-refractivity contribution in [3.8, 4) is 5.75 Å². The zero-order valence-electron chi connectivity index (χ0n) is 10.8. The fourth-order valence-corrected chi connectivity index (χ4v) is 2.53. The molecule has 0 saturated heterocycles. The summed E-state index contributed by atoms with van der Waals surface area (Å²) in [7, 11) is 0. The topological polar surface area (TPSA) is 35.2 Å². The van der Waals surface area contributed by atoms with E-state index in [0.29, 0.717) is 12.3 Å². The summed E-state index contributed by atoms with van der Waals surface area (Å²) in [4.78, 5) is 0. The van der Waals surface area contributed by atoms with Crippen LogP contribution in [-0.2, 0) is 6.61 Å². The number of anilines is 1. The van der Waals surface area contributed by atoms with E-state index in [2.05, 4.69) is 15.9 Å². The van der Waals surface area contributed by atoms with E-state index in [-0.39, 0.29) is 0 Å². The SMILES string of the molecule is Nc1ccc2ccc(Br)cc2c1OCc1ccccc1. The molecule has 0 amide bonds. The summed E-state index contributed by atoms with van der Waals surface area (Å²) in [5.41, 5.74) is 7.84. The highest BCUT2D eigenvalue weighted by atomic mass is 79.9. The summed E-state index contributed by atoms with van der Waals surface area (Å²) >= 11 is 3.49. The molecule has 3 heteroatoms. The second-order valence-electron chi connectivity index (χ2n) is 4.62. The second kappa shape index (κ2) is 5.55. The third-order valence-electron chi connectivity index (χ3n) is 3.19. The molecule has 100 valence electrons. The minimum atomic E-state index is 0.511. The molecule has 0 fully saturated rings. The molecule has 2 nitrogen and oxygen atoms in total. The molecular weight excluding hydrogens is 314 g/mol. The van der Waals surface area contributed by atoms with Gasteiger partial charge in [-0.15, -0.1) is 0 Å². The standard InChI is InChI=1S/C17H14BrNO/c18-14-8-6-13-7-9-16(19)17(15(13)10-14)20-11-12-4-2-1-3-5-12/h1-10H,11,19H2. The molecule has 0 aliphatic carbocycles. The first-order valence-corrected chi connectivity index (χ1v) is 7.18. The van der Waals surface area contributed by atoms with Gasteiger partial charge in [-0.1, -0.05) is 58.4 Å². The molecule has 0 aromatic heterocycles. The molecule has 3 aromatic rings. The Hall–Kier alpha value is -2.00. The van der Waals surface area contributed by atoms with Crippen LogP contribution in [0.5, 0.6) is 5.75 Å². The summed E-state index contributed by atoms with van der Waals surface area (Å²) in [5.74, 6) is 0.743. The molecule has 3 aromatic carbocycles. The van der Waals surface area contributed by atoms with Crippen molar-refractivity contribution in [2.75, 3.05) is 5.73 Å². The van der Waals surface area contributed by atoms with Crippen LogP contribution >= 0.6 is 15.9 Å². The largest absolute Gasteiger partial charge is 0.486 e. The third-order valence-corrected chi connectivity index (χ3v) is 3.68. The van der Waals surface area contributed by atoms with Crippen LogP contribution in [0.3, 0.4) is 0 Å². The van der Waals surface area contributed by atoms with Crippen LogP contribution < -0.4 is 10.5 Å². The summed E-state index contributed by atoms with van der Waals surface area (Å²) in [6.07, 6.45) is 0. The van der Waals surface area contributed by atoms with E-state index < -0.39 is 0 Å². The van der Waals surface area contributed by atoms with Crippen molar-refractivity contribution in [3.05, 3.63) is 70.7 Å². The molecule has 0 unspecified atom stereocenters. The lowest BCUT2D eigenvalue weighted by Crippen LogP contribution is -1.99. The van der Waals surface area contributed by atoms with E-state index in [9.17, 15) is 0 Å². The van der Waals surface area contributed by atoms with Crippen LogP contribution in [0.15, 0.2) is 65.1 Å². The highest BCUT2D eigenvalue weighted by Crippen LogP contribution is 2.34. The number of halogens is 1. The fraction of sp³-hybridized carbons (Fsp3) is 0.0588. The summed E-state index contributed by atoms with van der Waals surface area (Å²) in [6.45, 7) is 0.511. The van der Waals surface area contributed by atoms with E-state index in [4.69, 9.17) is 10.5 Å². The van der Waals surface area contributed by atoms with Gasteiger partial charge in [0.25, 0.3) is 0 Å². The Kier molecular flexibility index (Phi) is 3.61. The van der Waals surface area contributed by atoms with Crippen LogP contribution in [0.25, 0.3) is 10.8 Å². The Morgan fingerprint density at radius 1 is 0.950 bits per heavy atom. The van der Waals surface area contributed by atoms with Crippen molar-refractivity contribution >= 4 is 32.4 Å². The summed E-state index contributed by atoms with van der Waals surface area (Å²) < 4.78 is 6.96. The van der Waals surface area contributed by atoms with Gasteiger partial charge in [-0.2, -0.15) is 0 Å². The Morgan fingerprint density at radius 2 is 1.70 bits per heavy atom. The average molecular weight is 328 g/mol. The Morgan fingerprint density at radius 3 is 2.50 bits per heavy atom. The molecular formula is C17H14BrNO. The van der Waals surface area contributed by atoms with Crippen molar-refractivity contribution < 1.29 is 4.74 Å². The third kappa shape index (κ3) is 2.63. The second-order valence-corrected chi connectivity index (χ2v) is 5.54. The number of nitrogens with two attached hydrogens (primary N) is 1. The molecule has 0 aliphatic heterocycles. The maximum Gasteiger partial charge on any atom is 0.150 e. The molecule has 0 heterocycles. The zero-order valence-corrected chi connectivity index (χ0v) is 12.4. The Labute approximate surface area is 126 Å². The number of hydrogen-bond acceptors (Lipinski definition) is 2. The molecule has 0 atom stereocenters. The van der Waals surface area contributed by atoms with Crippen LogP contribution in [0, 0.1) is 0 Å². The predicted octanol–water partition coefficient (Wildman–Crippen LogP) is 4.76. The van der Waals surface area contributed by atoms with Crippen molar-refractivity contribution in [2.45, 2.75) is 6.61 Å². The van der Waals surface area contributed by atoms with Gasteiger partial charge in [0, 0.05) is 9.86 Å². The molecule has 3 rings (SSSR count). The van der Waals surface area contributed by atoms with Gasteiger partial charge in [0.2, 0.25) is 0 Å². The van der Waals surface area contributed by atoms with Crippen molar-refractivity contribution in [1.82, 2.24) is 0 Å². The first-order valence-electron chi connectivity index (χ1n) is 6.38. The molecule has 0 aliphatic rings. The lowest BCUT2D eigenvalue weighted by molar-refractivity contribution is 0.312. The number of benzene rings is 3. The number of hydrogen-bond donors (Lipinski definition) is 1. The Bertz CT molecular complexity index is 735. The molecule has 0 spiro atoms. The summed E-state index contributed by atoms with van der Waals surface area (Å²) in [6, 6.07) is 20.1. The first kappa shape index (κ1) is 13.0. The van der Waals surface area contributed by atoms with Gasteiger partial charge in [0.05, 0.1) is 5.69 Å². The van der Waals surface area contributed by atoms with Crippen LogP contribution in [-0.4, -0.2) is 0 Å². The van der Waals surface area contributed by atoms with Gasteiger partial charge >= 0.3 is 0 Å².